The van der Waals surface area contributed by atoms with Crippen molar-refractivity contribution in [1.82, 2.24) is 25.2 Å². The number of aryl methyl sites for hydroxylation is 1. The maximum Gasteiger partial charge on any atom is 0.224 e. The Morgan fingerprint density at radius 3 is 3.06 bits per heavy atom. The SMILES string of the molecule is CN(C(=O)CCn1ccnn1)[C@H]1CNC[C@@H]1O. The number of amides is 1. The Hall–Kier alpha value is -1.47. The van der Waals surface area contributed by atoms with Gasteiger partial charge in [-0.2, -0.15) is 0 Å². The largest absolute Gasteiger partial charge is 0.390 e. The second-order valence-electron chi connectivity index (χ2n) is 4.21. The van der Waals surface area contributed by atoms with E-state index < -0.39 is 6.10 Å². The van der Waals surface area contributed by atoms with Crippen LogP contribution in [-0.4, -0.2) is 63.2 Å². The monoisotopic (exact) mass is 239 g/mol. The second-order valence-corrected chi connectivity index (χ2v) is 4.21. The van der Waals surface area contributed by atoms with Crippen LogP contribution < -0.4 is 5.32 Å². The highest BCUT2D eigenvalue weighted by Crippen LogP contribution is 2.09. The van der Waals surface area contributed by atoms with E-state index in [0.717, 1.165) is 0 Å². The second kappa shape index (κ2) is 5.24. The molecule has 1 aromatic heterocycles. The Labute approximate surface area is 99.4 Å². The van der Waals surface area contributed by atoms with Crippen LogP contribution in [0.1, 0.15) is 6.42 Å². The van der Waals surface area contributed by atoms with Crippen molar-refractivity contribution in [2.75, 3.05) is 20.1 Å². The van der Waals surface area contributed by atoms with Crippen LogP contribution in [0.3, 0.4) is 0 Å². The minimum atomic E-state index is -0.477. The van der Waals surface area contributed by atoms with Crippen LogP contribution in [0.5, 0.6) is 0 Å². The molecule has 17 heavy (non-hydrogen) atoms. The summed E-state index contributed by atoms with van der Waals surface area (Å²) < 4.78 is 1.62. The molecule has 2 heterocycles. The predicted molar refractivity (Wildman–Crippen MR) is 60.1 cm³/mol. The number of likely N-dealkylation sites (N-methyl/N-ethyl adjacent to an activating group) is 1. The van der Waals surface area contributed by atoms with Crippen LogP contribution in [-0.2, 0) is 11.3 Å². The summed E-state index contributed by atoms with van der Waals surface area (Å²) in [5, 5.41) is 20.2. The summed E-state index contributed by atoms with van der Waals surface area (Å²) in [6, 6.07) is -0.127. The molecular formula is C10H17N5O2. The van der Waals surface area contributed by atoms with E-state index >= 15 is 0 Å². The number of rotatable bonds is 4. The third-order valence-electron chi connectivity index (χ3n) is 3.07. The molecule has 1 amide bonds. The Morgan fingerprint density at radius 2 is 2.47 bits per heavy atom. The fourth-order valence-corrected chi connectivity index (χ4v) is 1.97. The number of β-amino-alcohol motifs (C(OH)–C–C–N with tert-alkyl or cyclic N) is 1. The molecule has 0 radical (unpaired) electrons. The average Bonchev–Trinajstić information content (AvgIpc) is 2.95. The zero-order chi connectivity index (χ0) is 12.3. The standard InChI is InChI=1S/C10H17N5O2/c1-14(8-6-11-7-9(8)16)10(17)2-4-15-5-3-12-13-15/h3,5,8-9,11,16H,2,4,6-7H2,1H3/t8-,9-/m0/s1. The molecule has 1 fully saturated rings. The molecule has 2 N–H and O–H groups in total. The number of hydrogen-bond acceptors (Lipinski definition) is 5. The summed E-state index contributed by atoms with van der Waals surface area (Å²) >= 11 is 0. The lowest BCUT2D eigenvalue weighted by Crippen LogP contribution is -2.44. The first-order valence-corrected chi connectivity index (χ1v) is 5.67. The molecule has 0 unspecified atom stereocenters. The van der Waals surface area contributed by atoms with Crippen molar-refractivity contribution in [2.45, 2.75) is 25.1 Å². The van der Waals surface area contributed by atoms with Gasteiger partial charge in [0.2, 0.25) is 5.91 Å². The summed E-state index contributed by atoms with van der Waals surface area (Å²) in [6.07, 6.45) is 3.19. The van der Waals surface area contributed by atoms with Gasteiger partial charge in [0.05, 0.1) is 24.9 Å². The van der Waals surface area contributed by atoms with Crippen molar-refractivity contribution >= 4 is 5.91 Å². The summed E-state index contributed by atoms with van der Waals surface area (Å²) in [7, 11) is 1.73. The van der Waals surface area contributed by atoms with E-state index in [2.05, 4.69) is 15.6 Å². The van der Waals surface area contributed by atoms with Crippen molar-refractivity contribution in [3.05, 3.63) is 12.4 Å². The van der Waals surface area contributed by atoms with Gasteiger partial charge in [-0.15, -0.1) is 5.10 Å². The Kier molecular flexibility index (Phi) is 3.70. The number of aliphatic hydroxyl groups is 1. The molecule has 7 nitrogen and oxygen atoms in total. The van der Waals surface area contributed by atoms with Gasteiger partial charge in [0.1, 0.15) is 0 Å². The molecule has 1 aromatic rings. The highest BCUT2D eigenvalue weighted by molar-refractivity contribution is 5.76. The maximum atomic E-state index is 11.9. The van der Waals surface area contributed by atoms with Crippen LogP contribution in [0.25, 0.3) is 0 Å². The number of nitrogens with zero attached hydrogens (tertiary/aromatic N) is 4. The van der Waals surface area contributed by atoms with Crippen molar-refractivity contribution < 1.29 is 9.90 Å². The highest BCUT2D eigenvalue weighted by Gasteiger charge is 2.30. The lowest BCUT2D eigenvalue weighted by atomic mass is 10.2. The van der Waals surface area contributed by atoms with Gasteiger partial charge < -0.3 is 15.3 Å². The van der Waals surface area contributed by atoms with Gasteiger partial charge in [-0.05, 0) is 0 Å². The molecule has 1 saturated heterocycles. The molecule has 0 aliphatic carbocycles. The summed E-state index contributed by atoms with van der Waals surface area (Å²) in [5.41, 5.74) is 0. The molecule has 2 rings (SSSR count). The number of aliphatic hydroxyl groups excluding tert-OH is 1. The molecule has 94 valence electrons. The van der Waals surface area contributed by atoms with Gasteiger partial charge in [0.25, 0.3) is 0 Å². The van der Waals surface area contributed by atoms with E-state index in [0.29, 0.717) is 26.1 Å². The number of aromatic nitrogens is 3. The summed E-state index contributed by atoms with van der Waals surface area (Å²) in [4.78, 5) is 13.5. The molecule has 1 aliphatic heterocycles. The Bertz CT molecular complexity index is 367. The van der Waals surface area contributed by atoms with Crippen molar-refractivity contribution in [3.63, 3.8) is 0 Å². The predicted octanol–water partition coefficient (Wildman–Crippen LogP) is -1.54. The van der Waals surface area contributed by atoms with Crippen LogP contribution in [0.4, 0.5) is 0 Å². The fourth-order valence-electron chi connectivity index (χ4n) is 1.97. The zero-order valence-corrected chi connectivity index (χ0v) is 9.78. The maximum absolute atomic E-state index is 11.9. The van der Waals surface area contributed by atoms with Crippen LogP contribution >= 0.6 is 0 Å². The zero-order valence-electron chi connectivity index (χ0n) is 9.78. The van der Waals surface area contributed by atoms with Gasteiger partial charge >= 0.3 is 0 Å². The van der Waals surface area contributed by atoms with Gasteiger partial charge in [-0.1, -0.05) is 5.21 Å². The number of carbonyl (C=O) groups is 1. The van der Waals surface area contributed by atoms with Crippen molar-refractivity contribution in [3.8, 4) is 0 Å². The van der Waals surface area contributed by atoms with Crippen molar-refractivity contribution in [1.29, 1.82) is 0 Å². The van der Waals surface area contributed by atoms with Gasteiger partial charge in [-0.3, -0.25) is 9.48 Å². The van der Waals surface area contributed by atoms with E-state index in [-0.39, 0.29) is 11.9 Å². The highest BCUT2D eigenvalue weighted by atomic mass is 16.3. The molecule has 1 aliphatic rings. The van der Waals surface area contributed by atoms with E-state index in [1.165, 1.54) is 0 Å². The van der Waals surface area contributed by atoms with E-state index in [9.17, 15) is 9.90 Å². The quantitative estimate of drug-likeness (QED) is 0.665. The fraction of sp³-hybridized carbons (Fsp3) is 0.700. The lowest BCUT2D eigenvalue weighted by Gasteiger charge is -2.26. The minimum absolute atomic E-state index is 0.00764. The number of carbonyl (C=O) groups excluding carboxylic acids is 1. The summed E-state index contributed by atoms with van der Waals surface area (Å²) in [6.45, 7) is 1.71. The first kappa shape index (κ1) is 12.0. The van der Waals surface area contributed by atoms with E-state index in [1.807, 2.05) is 0 Å². The van der Waals surface area contributed by atoms with Crippen LogP contribution in [0.15, 0.2) is 12.4 Å². The van der Waals surface area contributed by atoms with Gasteiger partial charge in [0.15, 0.2) is 0 Å². The molecule has 0 spiro atoms. The lowest BCUT2D eigenvalue weighted by molar-refractivity contribution is -0.133. The Morgan fingerprint density at radius 1 is 1.65 bits per heavy atom. The average molecular weight is 239 g/mol. The third-order valence-corrected chi connectivity index (χ3v) is 3.07. The topological polar surface area (TPSA) is 83.3 Å². The molecule has 0 aromatic carbocycles. The molecule has 0 saturated carbocycles. The van der Waals surface area contributed by atoms with E-state index in [4.69, 9.17) is 0 Å². The van der Waals surface area contributed by atoms with Gasteiger partial charge in [0, 0.05) is 32.8 Å². The molecule has 2 atom stereocenters. The first-order valence-electron chi connectivity index (χ1n) is 5.67. The first-order chi connectivity index (χ1) is 8.18. The van der Waals surface area contributed by atoms with Crippen LogP contribution in [0.2, 0.25) is 0 Å². The molecule has 7 heteroatoms. The smallest absolute Gasteiger partial charge is 0.224 e. The molecule has 0 bridgehead atoms. The molecular weight excluding hydrogens is 222 g/mol. The normalized spacial score (nSPS) is 23.9. The van der Waals surface area contributed by atoms with E-state index in [1.54, 1.807) is 29.0 Å². The Balaban J connectivity index is 1.83. The minimum Gasteiger partial charge on any atom is -0.390 e. The number of hydrogen-bond donors (Lipinski definition) is 2. The van der Waals surface area contributed by atoms with Crippen molar-refractivity contribution in [2.24, 2.45) is 0 Å². The van der Waals surface area contributed by atoms with Crippen LogP contribution in [0, 0.1) is 0 Å². The van der Waals surface area contributed by atoms with Gasteiger partial charge in [-0.25, -0.2) is 0 Å². The third kappa shape index (κ3) is 2.80. The summed E-state index contributed by atoms with van der Waals surface area (Å²) in [5.74, 6) is 0.00764. The number of nitrogens with one attached hydrogen (secondary N) is 1.